The van der Waals surface area contributed by atoms with E-state index in [1.807, 2.05) is 0 Å². The van der Waals surface area contributed by atoms with E-state index in [1.165, 1.54) is 6.26 Å². The molecule has 2 aromatic rings. The molecule has 120 valence electrons. The van der Waals surface area contributed by atoms with Crippen molar-refractivity contribution >= 4 is 18.3 Å². The number of carbonyl (C=O) groups excluding carboxylic acids is 1. The molecule has 1 heterocycles. The van der Waals surface area contributed by atoms with E-state index in [9.17, 15) is 9.90 Å². The van der Waals surface area contributed by atoms with Gasteiger partial charge < -0.3 is 25.3 Å². The number of nitrogens with two attached hydrogens (primary N) is 1. The Morgan fingerprint density at radius 3 is 2.64 bits per heavy atom. The van der Waals surface area contributed by atoms with Gasteiger partial charge in [0.1, 0.15) is 17.8 Å². The van der Waals surface area contributed by atoms with Crippen LogP contribution in [0, 0.1) is 0 Å². The van der Waals surface area contributed by atoms with Crippen molar-refractivity contribution < 1.29 is 19.1 Å². The lowest BCUT2D eigenvalue weighted by Crippen LogP contribution is -2.28. The molecule has 1 aromatic heterocycles. The number of carbonyl (C=O) groups is 1. The Bertz CT molecular complexity index is 598. The molecule has 0 spiro atoms. The summed E-state index contributed by atoms with van der Waals surface area (Å²) >= 11 is 0. The summed E-state index contributed by atoms with van der Waals surface area (Å²) in [7, 11) is 1.58. The topological polar surface area (TPSA) is 97.7 Å². The van der Waals surface area contributed by atoms with Gasteiger partial charge in [-0.05, 0) is 23.8 Å². The molecule has 1 aromatic carbocycles. The minimum atomic E-state index is -0.791. The Hall–Kier alpha value is -2.02. The van der Waals surface area contributed by atoms with Crippen LogP contribution >= 0.6 is 12.4 Å². The van der Waals surface area contributed by atoms with Crippen LogP contribution in [0.5, 0.6) is 5.75 Å². The summed E-state index contributed by atoms with van der Waals surface area (Å²) in [6.45, 7) is 0.343. The average Bonchev–Trinajstić information content (AvgIpc) is 3.01. The molecule has 22 heavy (non-hydrogen) atoms. The molecule has 0 aliphatic carbocycles. The number of aliphatic hydroxyl groups excluding tert-OH is 1. The van der Waals surface area contributed by atoms with Crippen LogP contribution in [0.1, 0.15) is 27.8 Å². The number of hydrogen-bond donors (Lipinski definition) is 3. The molecular formula is C15H19ClN2O4. The van der Waals surface area contributed by atoms with Gasteiger partial charge in [0.05, 0.1) is 25.3 Å². The van der Waals surface area contributed by atoms with E-state index in [1.54, 1.807) is 37.4 Å². The molecule has 2 rings (SSSR count). The van der Waals surface area contributed by atoms with Gasteiger partial charge in [0.2, 0.25) is 0 Å². The standard InChI is InChI=1S/C15H18N2O4.ClH/c1-20-12-4-2-10(3-5-12)14(18)8-17-15(19)11-6-13(7-16)21-9-11;/h2-6,9,14,18H,7-8,16H2,1H3,(H,17,19);1H. The van der Waals surface area contributed by atoms with Crippen LogP contribution in [0.15, 0.2) is 41.0 Å². The fraction of sp³-hybridized carbons (Fsp3) is 0.267. The van der Waals surface area contributed by atoms with Crippen LogP contribution in [0.25, 0.3) is 0 Å². The third-order valence-electron chi connectivity index (χ3n) is 3.07. The first-order chi connectivity index (χ1) is 10.1. The summed E-state index contributed by atoms with van der Waals surface area (Å²) < 4.78 is 10.1. The largest absolute Gasteiger partial charge is 0.497 e. The number of benzene rings is 1. The average molecular weight is 327 g/mol. The number of hydrogen-bond acceptors (Lipinski definition) is 5. The number of methoxy groups -OCH3 is 1. The second-order valence-electron chi connectivity index (χ2n) is 4.50. The van der Waals surface area contributed by atoms with Gasteiger partial charge in [-0.1, -0.05) is 12.1 Å². The maximum Gasteiger partial charge on any atom is 0.254 e. The molecule has 1 atom stereocenters. The van der Waals surface area contributed by atoms with Crippen LogP contribution in [0.2, 0.25) is 0 Å². The SMILES string of the molecule is COc1ccc(C(O)CNC(=O)c2coc(CN)c2)cc1.Cl. The van der Waals surface area contributed by atoms with E-state index >= 15 is 0 Å². The third kappa shape index (κ3) is 4.49. The molecule has 1 unspecified atom stereocenters. The highest BCUT2D eigenvalue weighted by Gasteiger charge is 2.13. The van der Waals surface area contributed by atoms with E-state index in [2.05, 4.69) is 5.32 Å². The molecule has 0 bridgehead atoms. The van der Waals surface area contributed by atoms with Crippen molar-refractivity contribution in [3.05, 3.63) is 53.5 Å². The highest BCUT2D eigenvalue weighted by Crippen LogP contribution is 2.17. The Morgan fingerprint density at radius 1 is 1.41 bits per heavy atom. The van der Waals surface area contributed by atoms with Crippen LogP contribution in [0.4, 0.5) is 0 Å². The molecule has 0 aliphatic rings. The lowest BCUT2D eigenvalue weighted by atomic mass is 10.1. The zero-order valence-electron chi connectivity index (χ0n) is 12.1. The molecule has 7 heteroatoms. The summed E-state index contributed by atoms with van der Waals surface area (Å²) in [5.41, 5.74) is 6.50. The van der Waals surface area contributed by atoms with E-state index in [0.29, 0.717) is 22.6 Å². The van der Waals surface area contributed by atoms with Gasteiger partial charge in [0, 0.05) is 6.54 Å². The summed E-state index contributed by atoms with van der Waals surface area (Å²) in [6, 6.07) is 8.59. The second kappa shape index (κ2) is 8.43. The van der Waals surface area contributed by atoms with Crippen LogP contribution in [-0.2, 0) is 6.54 Å². The normalized spacial score (nSPS) is 11.4. The van der Waals surface area contributed by atoms with Crippen LogP contribution in [0.3, 0.4) is 0 Å². The molecular weight excluding hydrogens is 308 g/mol. The zero-order chi connectivity index (χ0) is 15.2. The maximum atomic E-state index is 11.9. The number of furan rings is 1. The Balaban J connectivity index is 0.00000242. The monoisotopic (exact) mass is 326 g/mol. The third-order valence-corrected chi connectivity index (χ3v) is 3.07. The molecule has 0 saturated heterocycles. The fourth-order valence-corrected chi connectivity index (χ4v) is 1.84. The van der Waals surface area contributed by atoms with Crippen molar-refractivity contribution in [2.45, 2.75) is 12.6 Å². The first kappa shape index (κ1) is 18.0. The van der Waals surface area contributed by atoms with Gasteiger partial charge in [0.25, 0.3) is 5.91 Å². The van der Waals surface area contributed by atoms with Crippen LogP contribution < -0.4 is 15.8 Å². The fourth-order valence-electron chi connectivity index (χ4n) is 1.84. The van der Waals surface area contributed by atoms with Crippen molar-refractivity contribution in [1.82, 2.24) is 5.32 Å². The minimum Gasteiger partial charge on any atom is -0.497 e. The van der Waals surface area contributed by atoms with Gasteiger partial charge in [0.15, 0.2) is 0 Å². The Kier molecular flexibility index (Phi) is 6.91. The number of aliphatic hydroxyl groups is 1. The van der Waals surface area contributed by atoms with E-state index in [-0.39, 0.29) is 31.4 Å². The smallest absolute Gasteiger partial charge is 0.254 e. The molecule has 0 fully saturated rings. The highest BCUT2D eigenvalue weighted by atomic mass is 35.5. The van der Waals surface area contributed by atoms with Crippen molar-refractivity contribution in [2.24, 2.45) is 5.73 Å². The summed E-state index contributed by atoms with van der Waals surface area (Å²) in [5.74, 6) is 0.935. The lowest BCUT2D eigenvalue weighted by molar-refractivity contribution is 0.0915. The van der Waals surface area contributed by atoms with Crippen LogP contribution in [-0.4, -0.2) is 24.7 Å². The maximum absolute atomic E-state index is 11.9. The number of rotatable bonds is 6. The second-order valence-corrected chi connectivity index (χ2v) is 4.50. The molecule has 0 aliphatic heterocycles. The molecule has 0 radical (unpaired) electrons. The minimum absolute atomic E-state index is 0. The van der Waals surface area contributed by atoms with Gasteiger partial charge >= 0.3 is 0 Å². The van der Waals surface area contributed by atoms with Gasteiger partial charge in [-0.2, -0.15) is 0 Å². The predicted octanol–water partition coefficient (Wildman–Crippen LogP) is 1.63. The number of ether oxygens (including phenoxy) is 1. The summed E-state index contributed by atoms with van der Waals surface area (Å²) in [5, 5.41) is 12.7. The quantitative estimate of drug-likeness (QED) is 0.749. The van der Waals surface area contributed by atoms with Gasteiger partial charge in [-0.15, -0.1) is 12.4 Å². The molecule has 6 nitrogen and oxygen atoms in total. The van der Waals surface area contributed by atoms with Crippen molar-refractivity contribution in [3.8, 4) is 5.75 Å². The van der Waals surface area contributed by atoms with E-state index in [4.69, 9.17) is 14.9 Å². The summed E-state index contributed by atoms with van der Waals surface area (Å²) in [4.78, 5) is 11.9. The van der Waals surface area contributed by atoms with Crippen molar-refractivity contribution in [3.63, 3.8) is 0 Å². The zero-order valence-corrected chi connectivity index (χ0v) is 12.9. The lowest BCUT2D eigenvalue weighted by Gasteiger charge is -2.12. The Morgan fingerprint density at radius 2 is 2.09 bits per heavy atom. The van der Waals surface area contributed by atoms with Gasteiger partial charge in [-0.25, -0.2) is 0 Å². The van der Waals surface area contributed by atoms with Crippen molar-refractivity contribution in [2.75, 3.05) is 13.7 Å². The molecule has 1 amide bonds. The Labute approximate surface area is 134 Å². The summed E-state index contributed by atoms with van der Waals surface area (Å²) in [6.07, 6.45) is 0.554. The number of halogens is 1. The van der Waals surface area contributed by atoms with Gasteiger partial charge in [-0.3, -0.25) is 4.79 Å². The molecule has 4 N–H and O–H groups in total. The highest BCUT2D eigenvalue weighted by molar-refractivity contribution is 5.93. The predicted molar refractivity (Wildman–Crippen MR) is 84.1 cm³/mol. The molecule has 0 saturated carbocycles. The first-order valence-electron chi connectivity index (χ1n) is 6.51. The number of nitrogens with one attached hydrogen (secondary N) is 1. The number of amides is 1. The first-order valence-corrected chi connectivity index (χ1v) is 6.51. The van der Waals surface area contributed by atoms with E-state index in [0.717, 1.165) is 0 Å². The van der Waals surface area contributed by atoms with E-state index < -0.39 is 6.10 Å². The van der Waals surface area contributed by atoms with Crippen molar-refractivity contribution in [1.29, 1.82) is 0 Å².